The van der Waals surface area contributed by atoms with Crippen LogP contribution in [-0.4, -0.2) is 20.6 Å². The van der Waals surface area contributed by atoms with E-state index in [1.165, 1.54) is 17.4 Å². The minimum atomic E-state index is -3.29. The molecule has 0 saturated carbocycles. The van der Waals surface area contributed by atoms with Gasteiger partial charge in [0, 0.05) is 12.7 Å². The van der Waals surface area contributed by atoms with Gasteiger partial charge in [0.05, 0.1) is 0 Å². The van der Waals surface area contributed by atoms with Crippen molar-refractivity contribution in [2.75, 3.05) is 11.6 Å². The molecular formula is C13H17NO3S2. The molecule has 0 saturated heterocycles. The first kappa shape index (κ1) is 14.3. The molecule has 1 N–H and O–H groups in total. The van der Waals surface area contributed by atoms with Crippen LogP contribution < -0.4 is 5.32 Å². The van der Waals surface area contributed by atoms with Crippen LogP contribution in [0.15, 0.2) is 28.5 Å². The quantitative estimate of drug-likeness (QED) is 0.870. The van der Waals surface area contributed by atoms with Crippen LogP contribution >= 0.6 is 11.3 Å². The van der Waals surface area contributed by atoms with Crippen molar-refractivity contribution in [3.63, 3.8) is 0 Å². The van der Waals surface area contributed by atoms with Gasteiger partial charge >= 0.3 is 0 Å². The fourth-order valence-corrected chi connectivity index (χ4v) is 4.23. The second kappa shape index (κ2) is 5.88. The number of thiophene rings is 1. The number of anilines is 1. The molecule has 19 heavy (non-hydrogen) atoms. The Balaban J connectivity index is 2.01. The molecule has 0 bridgehead atoms. The standard InChI is InChI=1S/C13H17NO3S2/c1-19(16,17)11-7-8-18-13(11)14-12(15)9-10-5-3-2-4-6-10/h3,5,7-8,10H,2,4,6,9H2,1H3,(H,14,15). The Morgan fingerprint density at radius 1 is 1.53 bits per heavy atom. The molecule has 2 rings (SSSR count). The number of amides is 1. The molecule has 0 aromatic carbocycles. The normalized spacial score (nSPS) is 19.3. The smallest absolute Gasteiger partial charge is 0.225 e. The maximum absolute atomic E-state index is 11.9. The van der Waals surface area contributed by atoms with Gasteiger partial charge in [-0.2, -0.15) is 0 Å². The summed E-state index contributed by atoms with van der Waals surface area (Å²) in [6.45, 7) is 0. The molecule has 104 valence electrons. The van der Waals surface area contributed by atoms with E-state index in [0.717, 1.165) is 25.5 Å². The average molecular weight is 299 g/mol. The lowest BCUT2D eigenvalue weighted by Gasteiger charge is -2.15. The zero-order valence-corrected chi connectivity index (χ0v) is 12.4. The molecule has 0 radical (unpaired) electrons. The molecule has 1 aliphatic rings. The van der Waals surface area contributed by atoms with E-state index in [9.17, 15) is 13.2 Å². The van der Waals surface area contributed by atoms with Crippen LogP contribution in [0.25, 0.3) is 0 Å². The van der Waals surface area contributed by atoms with Gasteiger partial charge < -0.3 is 5.32 Å². The van der Waals surface area contributed by atoms with Gasteiger partial charge in [0.1, 0.15) is 9.90 Å². The van der Waals surface area contributed by atoms with E-state index in [4.69, 9.17) is 0 Å². The van der Waals surface area contributed by atoms with Crippen molar-refractivity contribution < 1.29 is 13.2 Å². The lowest BCUT2D eigenvalue weighted by molar-refractivity contribution is -0.116. The van der Waals surface area contributed by atoms with Crippen molar-refractivity contribution in [3.8, 4) is 0 Å². The predicted molar refractivity (Wildman–Crippen MR) is 77.2 cm³/mol. The molecule has 1 aromatic rings. The van der Waals surface area contributed by atoms with Gasteiger partial charge in [0.15, 0.2) is 9.84 Å². The molecular weight excluding hydrogens is 282 g/mol. The van der Waals surface area contributed by atoms with Crippen LogP contribution in [0.5, 0.6) is 0 Å². The maximum Gasteiger partial charge on any atom is 0.225 e. The maximum atomic E-state index is 11.9. The summed E-state index contributed by atoms with van der Waals surface area (Å²) in [7, 11) is -3.29. The minimum Gasteiger partial charge on any atom is -0.317 e. The molecule has 6 heteroatoms. The van der Waals surface area contributed by atoms with Crippen LogP contribution in [0.4, 0.5) is 5.00 Å². The highest BCUT2D eigenvalue weighted by Crippen LogP contribution is 2.28. The molecule has 0 spiro atoms. The molecule has 1 amide bonds. The number of sulfone groups is 1. The van der Waals surface area contributed by atoms with Gasteiger partial charge in [-0.1, -0.05) is 12.2 Å². The van der Waals surface area contributed by atoms with E-state index in [1.807, 2.05) is 0 Å². The molecule has 1 heterocycles. The van der Waals surface area contributed by atoms with Crippen molar-refractivity contribution in [1.29, 1.82) is 0 Å². The zero-order valence-electron chi connectivity index (χ0n) is 10.8. The summed E-state index contributed by atoms with van der Waals surface area (Å²) in [5.74, 6) is 0.152. The first-order valence-corrected chi connectivity index (χ1v) is 8.98. The molecule has 1 unspecified atom stereocenters. The van der Waals surface area contributed by atoms with Crippen LogP contribution in [0.1, 0.15) is 25.7 Å². The third-order valence-electron chi connectivity index (χ3n) is 3.08. The highest BCUT2D eigenvalue weighted by molar-refractivity contribution is 7.91. The Labute approximate surface area is 117 Å². The minimum absolute atomic E-state index is 0.121. The first-order valence-electron chi connectivity index (χ1n) is 6.21. The van der Waals surface area contributed by atoms with Gasteiger partial charge in [-0.3, -0.25) is 4.79 Å². The van der Waals surface area contributed by atoms with Gasteiger partial charge in [-0.15, -0.1) is 11.3 Å². The average Bonchev–Trinajstić information content (AvgIpc) is 2.78. The first-order chi connectivity index (χ1) is 8.97. The summed E-state index contributed by atoms with van der Waals surface area (Å²) in [4.78, 5) is 12.1. The van der Waals surface area contributed by atoms with Crippen molar-refractivity contribution in [1.82, 2.24) is 0 Å². The number of carbonyl (C=O) groups excluding carboxylic acids is 1. The van der Waals surface area contributed by atoms with E-state index >= 15 is 0 Å². The Bertz CT molecular complexity index is 587. The summed E-state index contributed by atoms with van der Waals surface area (Å²) in [6.07, 6.45) is 8.96. The number of hydrogen-bond donors (Lipinski definition) is 1. The topological polar surface area (TPSA) is 63.2 Å². The predicted octanol–water partition coefficient (Wildman–Crippen LogP) is 2.84. The van der Waals surface area contributed by atoms with Gasteiger partial charge in [0.25, 0.3) is 0 Å². The van der Waals surface area contributed by atoms with Crippen molar-refractivity contribution >= 4 is 32.1 Å². The van der Waals surface area contributed by atoms with Crippen LogP contribution in [-0.2, 0) is 14.6 Å². The third-order valence-corrected chi connectivity index (χ3v) is 5.18. The van der Waals surface area contributed by atoms with Crippen molar-refractivity contribution in [3.05, 3.63) is 23.6 Å². The Kier molecular flexibility index (Phi) is 4.42. The molecule has 4 nitrogen and oxygen atoms in total. The van der Waals surface area contributed by atoms with Gasteiger partial charge in [-0.05, 0) is 36.6 Å². The van der Waals surface area contributed by atoms with Gasteiger partial charge in [-0.25, -0.2) is 8.42 Å². The van der Waals surface area contributed by atoms with Crippen molar-refractivity contribution in [2.24, 2.45) is 5.92 Å². The van der Waals surface area contributed by atoms with E-state index in [0.29, 0.717) is 11.4 Å². The van der Waals surface area contributed by atoms with E-state index < -0.39 is 9.84 Å². The zero-order chi connectivity index (χ0) is 13.9. The van der Waals surface area contributed by atoms with Crippen molar-refractivity contribution in [2.45, 2.75) is 30.6 Å². The fraction of sp³-hybridized carbons (Fsp3) is 0.462. The summed E-state index contributed by atoms with van der Waals surface area (Å²) in [6, 6.07) is 1.52. The summed E-state index contributed by atoms with van der Waals surface area (Å²) in [5, 5.41) is 4.81. The number of hydrogen-bond acceptors (Lipinski definition) is 4. The Morgan fingerprint density at radius 3 is 2.95 bits per heavy atom. The lowest BCUT2D eigenvalue weighted by Crippen LogP contribution is -2.17. The van der Waals surface area contributed by atoms with Gasteiger partial charge in [0.2, 0.25) is 5.91 Å². The highest BCUT2D eigenvalue weighted by atomic mass is 32.2. The summed E-state index contributed by atoms with van der Waals surface area (Å²) in [5.41, 5.74) is 0. The van der Waals surface area contributed by atoms with E-state index in [-0.39, 0.29) is 16.7 Å². The third kappa shape index (κ3) is 3.91. The number of rotatable bonds is 4. The molecule has 1 atom stereocenters. The number of nitrogens with one attached hydrogen (secondary N) is 1. The second-order valence-electron chi connectivity index (χ2n) is 4.76. The fourth-order valence-electron chi connectivity index (χ4n) is 2.15. The Hall–Kier alpha value is -1.14. The largest absolute Gasteiger partial charge is 0.317 e. The lowest BCUT2D eigenvalue weighted by atomic mass is 9.93. The summed E-state index contributed by atoms with van der Waals surface area (Å²) < 4.78 is 23.1. The number of carbonyl (C=O) groups is 1. The van der Waals surface area contributed by atoms with E-state index in [1.54, 1.807) is 5.38 Å². The molecule has 1 aliphatic carbocycles. The van der Waals surface area contributed by atoms with Crippen LogP contribution in [0.3, 0.4) is 0 Å². The van der Waals surface area contributed by atoms with Crippen LogP contribution in [0.2, 0.25) is 0 Å². The second-order valence-corrected chi connectivity index (χ2v) is 7.66. The highest BCUT2D eigenvalue weighted by Gasteiger charge is 2.18. The molecule has 0 fully saturated rings. The molecule has 0 aliphatic heterocycles. The Morgan fingerprint density at radius 2 is 2.32 bits per heavy atom. The molecule has 1 aromatic heterocycles. The SMILES string of the molecule is CS(=O)(=O)c1ccsc1NC(=O)CC1C=CCCC1. The summed E-state index contributed by atoms with van der Waals surface area (Å²) >= 11 is 1.24. The number of allylic oxidation sites excluding steroid dienone is 2. The van der Waals surface area contributed by atoms with Crippen LogP contribution in [0, 0.1) is 5.92 Å². The van der Waals surface area contributed by atoms with E-state index in [2.05, 4.69) is 17.5 Å². The monoisotopic (exact) mass is 299 g/mol.